The molecule has 2 unspecified atom stereocenters. The maximum absolute atomic E-state index is 5.47. The highest BCUT2D eigenvalue weighted by atomic mass is 16.5. The summed E-state index contributed by atoms with van der Waals surface area (Å²) in [6.07, 6.45) is 10.2. The van der Waals surface area contributed by atoms with Gasteiger partial charge in [-0.05, 0) is 51.0 Å². The van der Waals surface area contributed by atoms with Gasteiger partial charge >= 0.3 is 0 Å². The first-order valence-electron chi connectivity index (χ1n) is 6.89. The van der Waals surface area contributed by atoms with Crippen molar-refractivity contribution < 1.29 is 4.74 Å². The SMILES string of the molecule is CCC(NCCC1=CCCC1)C1CCOC1. The average molecular weight is 223 g/mol. The fourth-order valence-electron chi connectivity index (χ4n) is 2.90. The summed E-state index contributed by atoms with van der Waals surface area (Å²) < 4.78 is 5.47. The third-order valence-corrected chi connectivity index (χ3v) is 3.96. The molecule has 2 heteroatoms. The van der Waals surface area contributed by atoms with Crippen molar-refractivity contribution >= 4 is 0 Å². The fraction of sp³-hybridized carbons (Fsp3) is 0.857. The standard InChI is InChI=1S/C14H25NO/c1-2-14(13-8-10-16-11-13)15-9-7-12-5-3-4-6-12/h5,13-15H,2-4,6-11H2,1H3. The number of hydrogen-bond acceptors (Lipinski definition) is 2. The van der Waals surface area contributed by atoms with E-state index >= 15 is 0 Å². The second kappa shape index (κ2) is 6.41. The smallest absolute Gasteiger partial charge is 0.0509 e. The molecule has 2 rings (SSSR count). The Kier molecular flexibility index (Phi) is 4.86. The summed E-state index contributed by atoms with van der Waals surface area (Å²) in [5, 5.41) is 3.72. The molecule has 0 bridgehead atoms. The molecule has 1 aliphatic carbocycles. The van der Waals surface area contributed by atoms with Crippen LogP contribution in [-0.2, 0) is 4.74 Å². The van der Waals surface area contributed by atoms with E-state index in [1.165, 1.54) is 38.5 Å². The lowest BCUT2D eigenvalue weighted by Gasteiger charge is -2.22. The van der Waals surface area contributed by atoms with Gasteiger partial charge in [0, 0.05) is 12.6 Å². The number of allylic oxidation sites excluding steroid dienone is 1. The Labute approximate surface area is 99.4 Å². The Balaban J connectivity index is 1.66. The molecule has 0 saturated carbocycles. The summed E-state index contributed by atoms with van der Waals surface area (Å²) in [6, 6.07) is 0.671. The van der Waals surface area contributed by atoms with Crippen LogP contribution in [0.4, 0.5) is 0 Å². The van der Waals surface area contributed by atoms with E-state index in [1.54, 1.807) is 5.57 Å². The van der Waals surface area contributed by atoms with E-state index in [-0.39, 0.29) is 0 Å². The Morgan fingerprint density at radius 2 is 2.50 bits per heavy atom. The molecule has 0 amide bonds. The zero-order chi connectivity index (χ0) is 11.2. The Morgan fingerprint density at radius 1 is 1.56 bits per heavy atom. The minimum atomic E-state index is 0.671. The summed E-state index contributed by atoms with van der Waals surface area (Å²) in [7, 11) is 0. The highest BCUT2D eigenvalue weighted by Crippen LogP contribution is 2.21. The van der Waals surface area contributed by atoms with Gasteiger partial charge in [0.1, 0.15) is 0 Å². The Bertz CT molecular complexity index is 231. The summed E-state index contributed by atoms with van der Waals surface area (Å²) in [6.45, 7) is 5.37. The molecule has 2 nitrogen and oxygen atoms in total. The van der Waals surface area contributed by atoms with Gasteiger partial charge in [-0.1, -0.05) is 18.6 Å². The minimum absolute atomic E-state index is 0.671. The van der Waals surface area contributed by atoms with E-state index in [4.69, 9.17) is 4.74 Å². The van der Waals surface area contributed by atoms with Gasteiger partial charge in [-0.2, -0.15) is 0 Å². The van der Waals surface area contributed by atoms with E-state index in [9.17, 15) is 0 Å². The highest BCUT2D eigenvalue weighted by Gasteiger charge is 2.23. The molecule has 1 heterocycles. The summed E-state index contributed by atoms with van der Waals surface area (Å²) in [4.78, 5) is 0. The topological polar surface area (TPSA) is 21.3 Å². The quantitative estimate of drug-likeness (QED) is 0.699. The third kappa shape index (κ3) is 3.33. The molecule has 1 saturated heterocycles. The summed E-state index contributed by atoms with van der Waals surface area (Å²) in [5.74, 6) is 0.752. The molecule has 92 valence electrons. The van der Waals surface area contributed by atoms with Crippen LogP contribution in [0.1, 0.15) is 45.4 Å². The molecule has 2 atom stereocenters. The van der Waals surface area contributed by atoms with Crippen molar-refractivity contribution in [2.75, 3.05) is 19.8 Å². The molecular formula is C14H25NO. The van der Waals surface area contributed by atoms with Crippen molar-refractivity contribution in [3.05, 3.63) is 11.6 Å². The molecule has 2 aliphatic rings. The highest BCUT2D eigenvalue weighted by molar-refractivity contribution is 5.07. The van der Waals surface area contributed by atoms with Gasteiger partial charge < -0.3 is 10.1 Å². The first kappa shape index (κ1) is 12.1. The zero-order valence-electron chi connectivity index (χ0n) is 10.5. The van der Waals surface area contributed by atoms with Crippen LogP contribution in [0.3, 0.4) is 0 Å². The maximum atomic E-state index is 5.47. The van der Waals surface area contributed by atoms with Gasteiger partial charge in [0.25, 0.3) is 0 Å². The second-order valence-electron chi connectivity index (χ2n) is 5.10. The van der Waals surface area contributed by atoms with Gasteiger partial charge in [0.05, 0.1) is 6.61 Å². The van der Waals surface area contributed by atoms with Crippen LogP contribution < -0.4 is 5.32 Å². The summed E-state index contributed by atoms with van der Waals surface area (Å²) >= 11 is 0. The van der Waals surface area contributed by atoms with Crippen LogP contribution in [0, 0.1) is 5.92 Å². The summed E-state index contributed by atoms with van der Waals surface area (Å²) in [5.41, 5.74) is 1.67. The lowest BCUT2D eigenvalue weighted by molar-refractivity contribution is 0.176. The lowest BCUT2D eigenvalue weighted by Crippen LogP contribution is -2.36. The van der Waals surface area contributed by atoms with E-state index in [0.29, 0.717) is 6.04 Å². The Morgan fingerprint density at radius 3 is 3.12 bits per heavy atom. The average Bonchev–Trinajstić information content (AvgIpc) is 2.96. The van der Waals surface area contributed by atoms with Gasteiger partial charge in [-0.25, -0.2) is 0 Å². The second-order valence-corrected chi connectivity index (χ2v) is 5.10. The molecule has 0 aromatic rings. The van der Waals surface area contributed by atoms with Crippen molar-refractivity contribution in [2.45, 2.75) is 51.5 Å². The van der Waals surface area contributed by atoms with Crippen LogP contribution in [0.5, 0.6) is 0 Å². The van der Waals surface area contributed by atoms with Crippen LogP contribution in [0.15, 0.2) is 11.6 Å². The van der Waals surface area contributed by atoms with Crippen molar-refractivity contribution in [1.29, 1.82) is 0 Å². The Hall–Kier alpha value is -0.340. The minimum Gasteiger partial charge on any atom is -0.381 e. The maximum Gasteiger partial charge on any atom is 0.0509 e. The number of ether oxygens (including phenoxy) is 1. The van der Waals surface area contributed by atoms with Crippen molar-refractivity contribution in [3.63, 3.8) is 0 Å². The van der Waals surface area contributed by atoms with Gasteiger partial charge in [0.15, 0.2) is 0 Å². The van der Waals surface area contributed by atoms with Gasteiger partial charge in [0.2, 0.25) is 0 Å². The van der Waals surface area contributed by atoms with E-state index in [0.717, 1.165) is 25.7 Å². The van der Waals surface area contributed by atoms with E-state index < -0.39 is 0 Å². The monoisotopic (exact) mass is 223 g/mol. The molecular weight excluding hydrogens is 198 g/mol. The van der Waals surface area contributed by atoms with E-state index in [1.807, 2.05) is 0 Å². The fourth-order valence-corrected chi connectivity index (χ4v) is 2.90. The molecule has 1 fully saturated rings. The molecule has 0 radical (unpaired) electrons. The third-order valence-electron chi connectivity index (χ3n) is 3.96. The van der Waals surface area contributed by atoms with Crippen LogP contribution >= 0.6 is 0 Å². The molecule has 0 spiro atoms. The van der Waals surface area contributed by atoms with Gasteiger partial charge in [-0.3, -0.25) is 0 Å². The van der Waals surface area contributed by atoms with Crippen LogP contribution in [0.2, 0.25) is 0 Å². The molecule has 1 N–H and O–H groups in total. The van der Waals surface area contributed by atoms with Crippen molar-refractivity contribution in [1.82, 2.24) is 5.32 Å². The number of hydrogen-bond donors (Lipinski definition) is 1. The molecule has 0 aromatic carbocycles. The first-order valence-corrected chi connectivity index (χ1v) is 6.89. The van der Waals surface area contributed by atoms with Crippen LogP contribution in [0.25, 0.3) is 0 Å². The lowest BCUT2D eigenvalue weighted by atomic mass is 9.96. The van der Waals surface area contributed by atoms with Crippen molar-refractivity contribution in [2.24, 2.45) is 5.92 Å². The zero-order valence-corrected chi connectivity index (χ0v) is 10.5. The molecule has 0 aromatic heterocycles. The molecule has 1 aliphatic heterocycles. The van der Waals surface area contributed by atoms with E-state index in [2.05, 4.69) is 18.3 Å². The largest absolute Gasteiger partial charge is 0.381 e. The normalized spacial score (nSPS) is 27.1. The predicted molar refractivity (Wildman–Crippen MR) is 67.6 cm³/mol. The first-order chi connectivity index (χ1) is 7.90. The van der Waals surface area contributed by atoms with Crippen molar-refractivity contribution in [3.8, 4) is 0 Å². The number of nitrogens with one attached hydrogen (secondary N) is 1. The van der Waals surface area contributed by atoms with Gasteiger partial charge in [-0.15, -0.1) is 0 Å². The molecule has 16 heavy (non-hydrogen) atoms. The van der Waals surface area contributed by atoms with Crippen LogP contribution in [-0.4, -0.2) is 25.8 Å². The predicted octanol–water partition coefficient (Wildman–Crippen LogP) is 2.89. The number of rotatable bonds is 6.